The second-order valence-electron chi connectivity index (χ2n) is 7.26. The molecule has 1 fully saturated rings. The van der Waals surface area contributed by atoms with Crippen LogP contribution in [0.15, 0.2) is 18.2 Å². The van der Waals surface area contributed by atoms with Crippen molar-refractivity contribution in [1.29, 1.82) is 0 Å². The zero-order valence-corrected chi connectivity index (χ0v) is 17.0. The molecule has 1 saturated heterocycles. The monoisotopic (exact) mass is 480 g/mol. The molecule has 0 spiro atoms. The molecule has 0 saturated carbocycles. The molecule has 2 rings (SSSR count). The highest BCUT2D eigenvalue weighted by molar-refractivity contribution is 5.77. The summed E-state index contributed by atoms with van der Waals surface area (Å²) in [7, 11) is 0. The molecule has 1 heterocycles. The van der Waals surface area contributed by atoms with E-state index >= 15 is 0 Å². The van der Waals surface area contributed by atoms with Gasteiger partial charge in [0.25, 0.3) is 12.1 Å². The van der Waals surface area contributed by atoms with Crippen molar-refractivity contribution < 1.29 is 58.3 Å². The number of carboxylic acids is 1. The van der Waals surface area contributed by atoms with Crippen molar-refractivity contribution in [2.45, 2.75) is 56.0 Å². The number of ether oxygens (including phenoxy) is 2. The van der Waals surface area contributed by atoms with E-state index in [-0.39, 0.29) is 0 Å². The smallest absolute Gasteiger partial charge is 0.377 e. The lowest BCUT2D eigenvalue weighted by Gasteiger charge is -2.46. The largest absolute Gasteiger partial charge is 0.476 e. The lowest BCUT2D eigenvalue weighted by molar-refractivity contribution is -0.385. The average molecular weight is 480 g/mol. The molecular formula is C18H22F2N2O11. The SMILES string of the molecule is CC(=O)N[C@H]1[C@@H](C(O)C(O)CO)O[C@@](Oc2ccc([N+](=O)[O-])cc2C(F)F)(C(=O)O)C[C@@H]1O. The van der Waals surface area contributed by atoms with Gasteiger partial charge >= 0.3 is 11.8 Å². The fraction of sp³-hybridized carbons (Fsp3) is 0.556. The minimum Gasteiger partial charge on any atom is -0.476 e. The summed E-state index contributed by atoms with van der Waals surface area (Å²) in [5.74, 6) is -6.40. The van der Waals surface area contributed by atoms with Gasteiger partial charge in [0.15, 0.2) is 0 Å². The predicted molar refractivity (Wildman–Crippen MR) is 101 cm³/mol. The number of amides is 1. The third kappa shape index (κ3) is 5.69. The topological polar surface area (TPSA) is 209 Å². The van der Waals surface area contributed by atoms with Gasteiger partial charge in [-0.2, -0.15) is 0 Å². The number of carbonyl (C=O) groups is 2. The van der Waals surface area contributed by atoms with Crippen molar-refractivity contribution in [3.63, 3.8) is 0 Å². The van der Waals surface area contributed by atoms with Crippen LogP contribution in [0.4, 0.5) is 14.5 Å². The van der Waals surface area contributed by atoms with Crippen LogP contribution < -0.4 is 10.1 Å². The van der Waals surface area contributed by atoms with Gasteiger partial charge in [0.05, 0.1) is 35.7 Å². The number of benzene rings is 1. The van der Waals surface area contributed by atoms with Crippen LogP contribution in [0.1, 0.15) is 25.3 Å². The molecule has 1 amide bonds. The number of carbonyl (C=O) groups excluding carboxylic acids is 1. The van der Waals surface area contributed by atoms with Crippen LogP contribution in [-0.4, -0.2) is 85.2 Å². The Morgan fingerprint density at radius 2 is 2.03 bits per heavy atom. The van der Waals surface area contributed by atoms with Crippen LogP contribution in [-0.2, 0) is 14.3 Å². The Balaban J connectivity index is 2.53. The van der Waals surface area contributed by atoms with Crippen molar-refractivity contribution >= 4 is 17.6 Å². The number of aliphatic carboxylic acids is 1. The Morgan fingerprint density at radius 3 is 2.52 bits per heavy atom. The number of hydrogen-bond donors (Lipinski definition) is 6. The van der Waals surface area contributed by atoms with E-state index in [4.69, 9.17) is 14.6 Å². The molecule has 1 aromatic rings. The highest BCUT2D eigenvalue weighted by atomic mass is 19.3. The maximum Gasteiger partial charge on any atom is 0.377 e. The van der Waals surface area contributed by atoms with E-state index in [9.17, 15) is 48.9 Å². The Hall–Kier alpha value is -2.98. The quantitative estimate of drug-likeness (QED) is 0.188. The van der Waals surface area contributed by atoms with Crippen LogP contribution in [0, 0.1) is 10.1 Å². The fourth-order valence-electron chi connectivity index (χ4n) is 3.32. The zero-order valence-electron chi connectivity index (χ0n) is 17.0. The van der Waals surface area contributed by atoms with Gasteiger partial charge in [0.2, 0.25) is 5.91 Å². The first-order valence-corrected chi connectivity index (χ1v) is 9.41. The second-order valence-corrected chi connectivity index (χ2v) is 7.26. The van der Waals surface area contributed by atoms with Crippen LogP contribution in [0.25, 0.3) is 0 Å². The summed E-state index contributed by atoms with van der Waals surface area (Å²) in [6.45, 7) is 0.0305. The second kappa shape index (κ2) is 10.3. The summed E-state index contributed by atoms with van der Waals surface area (Å²) >= 11 is 0. The van der Waals surface area contributed by atoms with E-state index in [1.54, 1.807) is 0 Å². The van der Waals surface area contributed by atoms with E-state index < -0.39 is 89.5 Å². The number of aliphatic hydroxyl groups excluding tert-OH is 4. The summed E-state index contributed by atoms with van der Waals surface area (Å²) in [4.78, 5) is 33.5. The molecule has 13 nitrogen and oxygen atoms in total. The van der Waals surface area contributed by atoms with Gasteiger partial charge in [-0.3, -0.25) is 14.9 Å². The molecule has 6 N–H and O–H groups in total. The fourth-order valence-corrected chi connectivity index (χ4v) is 3.32. The van der Waals surface area contributed by atoms with Gasteiger partial charge in [-0.25, -0.2) is 13.6 Å². The maximum absolute atomic E-state index is 13.5. The number of halogens is 2. The molecule has 1 aromatic carbocycles. The van der Waals surface area contributed by atoms with Gasteiger partial charge in [-0.05, 0) is 6.07 Å². The lowest BCUT2D eigenvalue weighted by atomic mass is 9.88. The van der Waals surface area contributed by atoms with Crippen molar-refractivity contribution in [3.05, 3.63) is 33.9 Å². The van der Waals surface area contributed by atoms with Crippen LogP contribution >= 0.6 is 0 Å². The first-order valence-electron chi connectivity index (χ1n) is 9.41. The summed E-state index contributed by atoms with van der Waals surface area (Å²) in [5.41, 5.74) is -1.77. The van der Waals surface area contributed by atoms with E-state index in [2.05, 4.69) is 5.32 Å². The molecule has 33 heavy (non-hydrogen) atoms. The number of alkyl halides is 2. The number of hydrogen-bond acceptors (Lipinski definition) is 10. The molecule has 6 atom stereocenters. The number of nitro groups is 1. The van der Waals surface area contributed by atoms with Crippen molar-refractivity contribution in [2.75, 3.05) is 6.61 Å². The van der Waals surface area contributed by atoms with Gasteiger partial charge in [-0.15, -0.1) is 0 Å². The lowest BCUT2D eigenvalue weighted by Crippen LogP contribution is -2.68. The first-order chi connectivity index (χ1) is 15.3. The Kier molecular flexibility index (Phi) is 8.20. The normalized spacial score (nSPS) is 27.0. The minimum absolute atomic E-state index is 0.469. The highest BCUT2D eigenvalue weighted by Crippen LogP contribution is 2.39. The number of aliphatic hydroxyl groups is 4. The number of nitrogens with one attached hydrogen (secondary N) is 1. The molecule has 0 aliphatic carbocycles. The van der Waals surface area contributed by atoms with Gasteiger partial charge in [-0.1, -0.05) is 0 Å². The van der Waals surface area contributed by atoms with E-state index in [1.807, 2.05) is 0 Å². The highest BCUT2D eigenvalue weighted by Gasteiger charge is 2.57. The minimum atomic E-state index is -3.33. The third-order valence-corrected chi connectivity index (χ3v) is 4.90. The molecular weight excluding hydrogens is 458 g/mol. The van der Waals surface area contributed by atoms with Crippen LogP contribution in [0.5, 0.6) is 5.75 Å². The zero-order chi connectivity index (χ0) is 25.1. The van der Waals surface area contributed by atoms with E-state index in [1.165, 1.54) is 0 Å². The molecule has 1 aliphatic heterocycles. The number of rotatable bonds is 9. The average Bonchev–Trinajstić information content (AvgIpc) is 2.73. The summed E-state index contributed by atoms with van der Waals surface area (Å²) in [5, 5.41) is 62.6. The Bertz CT molecular complexity index is 902. The first kappa shape index (κ1) is 26.3. The number of nitro benzene ring substituents is 1. The number of carboxylic acid groups (broad SMARTS) is 1. The summed E-state index contributed by atoms with van der Waals surface area (Å²) in [6.07, 6.45) is -11.9. The molecule has 2 unspecified atom stereocenters. The Morgan fingerprint density at radius 1 is 1.39 bits per heavy atom. The summed E-state index contributed by atoms with van der Waals surface area (Å²) in [6, 6.07) is 0.476. The van der Waals surface area contributed by atoms with Crippen LogP contribution in [0.3, 0.4) is 0 Å². The molecule has 184 valence electrons. The van der Waals surface area contributed by atoms with Crippen LogP contribution in [0.2, 0.25) is 0 Å². The van der Waals surface area contributed by atoms with Crippen molar-refractivity contribution in [2.24, 2.45) is 0 Å². The summed E-state index contributed by atoms with van der Waals surface area (Å²) < 4.78 is 37.5. The number of non-ortho nitro benzene ring substituents is 1. The maximum atomic E-state index is 13.5. The number of nitrogens with zero attached hydrogens (tertiary/aromatic N) is 1. The van der Waals surface area contributed by atoms with E-state index in [0.29, 0.717) is 12.1 Å². The third-order valence-electron chi connectivity index (χ3n) is 4.90. The van der Waals surface area contributed by atoms with Gasteiger partial charge < -0.3 is 40.3 Å². The molecule has 0 aromatic heterocycles. The standard InChI is InChI=1S/C18H22F2N2O11/c1-7(24)21-13-10(25)5-18(17(28)29,33-15(13)14(27)11(26)6-23)32-12-3-2-8(22(30)31)4-9(12)16(19)20/h2-4,10-11,13-16,23,25-27H,5-6H2,1H3,(H,21,24)(H,28,29)/t10-,11?,13+,14?,15-,18+/m0/s1. The van der Waals surface area contributed by atoms with Crippen molar-refractivity contribution in [3.8, 4) is 5.75 Å². The molecule has 0 radical (unpaired) electrons. The van der Waals surface area contributed by atoms with Gasteiger partial charge in [0.1, 0.15) is 24.1 Å². The van der Waals surface area contributed by atoms with Gasteiger partial charge in [0, 0.05) is 19.1 Å². The molecule has 0 bridgehead atoms. The molecule has 1 aliphatic rings. The Labute approximate surface area is 184 Å². The van der Waals surface area contributed by atoms with Crippen molar-refractivity contribution in [1.82, 2.24) is 5.32 Å². The molecule has 15 heteroatoms. The predicted octanol–water partition coefficient (Wildman–Crippen LogP) is -0.939. The van der Waals surface area contributed by atoms with E-state index in [0.717, 1.165) is 13.0 Å².